The molecule has 3 heterocycles. The number of nitrogens with one attached hydrogen (secondary N) is 1. The molecule has 1 unspecified atom stereocenters. The molecule has 2 aromatic carbocycles. The topological polar surface area (TPSA) is 252 Å². The van der Waals surface area contributed by atoms with E-state index in [4.69, 9.17) is 9.47 Å². The number of benzene rings is 2. The third-order valence-electron chi connectivity index (χ3n) is 8.92. The van der Waals surface area contributed by atoms with Crippen molar-refractivity contribution in [2.24, 2.45) is 5.92 Å². The van der Waals surface area contributed by atoms with Gasteiger partial charge in [-0.15, -0.1) is 11.8 Å². The third-order valence-corrected chi connectivity index (χ3v) is 10.2. The number of β-lactam (4-membered cyclic amide) rings is 1. The van der Waals surface area contributed by atoms with Crippen LogP contribution in [-0.4, -0.2) is 102 Å². The molecule has 0 aromatic heterocycles. The highest BCUT2D eigenvalue weighted by Crippen LogP contribution is 2.49. The molecule has 0 radical (unpaired) electrons. The van der Waals surface area contributed by atoms with Crippen LogP contribution in [0.1, 0.15) is 37.3 Å². The predicted octanol–water partition coefficient (Wildman–Crippen LogP) is 2.90. The number of nitro benzene ring substituents is 2. The van der Waals surface area contributed by atoms with Gasteiger partial charge in [0.15, 0.2) is 0 Å². The second kappa shape index (κ2) is 15.7. The number of aliphatic hydroxyl groups excluding tert-OH is 2. The summed E-state index contributed by atoms with van der Waals surface area (Å²) < 4.78 is 10.6. The molecule has 2 aromatic rings. The molecule has 0 bridgehead atoms. The smallest absolute Gasteiger partial charge is 0.410 e. The van der Waals surface area contributed by atoms with Gasteiger partial charge in [0.2, 0.25) is 5.91 Å². The molecule has 3 aliphatic rings. The molecule has 19 heteroatoms. The van der Waals surface area contributed by atoms with Crippen LogP contribution in [0, 0.1) is 26.1 Å². The molecular formula is C32H35N5O13S. The second-order valence-corrected chi connectivity index (χ2v) is 13.7. The van der Waals surface area contributed by atoms with E-state index < -0.39 is 69.4 Å². The van der Waals surface area contributed by atoms with Crippen LogP contribution in [0.15, 0.2) is 59.1 Å². The second-order valence-electron chi connectivity index (χ2n) is 12.3. The van der Waals surface area contributed by atoms with E-state index in [0.29, 0.717) is 16.0 Å². The number of hydrogen-bond acceptors (Lipinski definition) is 13. The van der Waals surface area contributed by atoms with Crippen LogP contribution < -0.4 is 5.32 Å². The van der Waals surface area contributed by atoms with Crippen molar-refractivity contribution in [3.8, 4) is 0 Å². The number of carbonyl (C=O) groups is 4. The van der Waals surface area contributed by atoms with Crippen molar-refractivity contribution in [1.29, 1.82) is 0 Å². The van der Waals surface area contributed by atoms with Crippen molar-refractivity contribution in [3.63, 3.8) is 0 Å². The molecule has 3 amide bonds. The molecule has 2 saturated heterocycles. The molecule has 18 nitrogen and oxygen atoms in total. The molecule has 0 saturated carbocycles. The first-order valence-electron chi connectivity index (χ1n) is 15.9. The highest BCUT2D eigenvalue weighted by molar-refractivity contribution is 8.03. The van der Waals surface area contributed by atoms with Gasteiger partial charge in [-0.3, -0.25) is 25.0 Å². The maximum Gasteiger partial charge on any atom is 0.410 e. The summed E-state index contributed by atoms with van der Waals surface area (Å²) >= 11 is 1.18. The van der Waals surface area contributed by atoms with Crippen LogP contribution in [0.3, 0.4) is 0 Å². The number of carboxylic acid groups (broad SMARTS) is 1. The average Bonchev–Trinajstić information content (AvgIpc) is 3.66. The highest BCUT2D eigenvalue weighted by atomic mass is 32.2. The molecule has 3 aliphatic heterocycles. The Morgan fingerprint density at radius 2 is 1.55 bits per heavy atom. The summed E-state index contributed by atoms with van der Waals surface area (Å²) in [6.45, 7) is 1.10. The number of alkyl carbamates (subject to hydrolysis) is 1. The Balaban J connectivity index is 1.22. The minimum atomic E-state index is -1.29. The predicted molar refractivity (Wildman–Crippen MR) is 177 cm³/mol. The minimum absolute atomic E-state index is 0.00961. The number of hydrogen-bond donors (Lipinski definition) is 4. The zero-order valence-corrected chi connectivity index (χ0v) is 28.0. The third kappa shape index (κ3) is 8.38. The van der Waals surface area contributed by atoms with E-state index in [1.54, 1.807) is 0 Å². The molecule has 0 spiro atoms. The number of non-ortho nitro benzene ring substituents is 2. The number of aliphatic carboxylic acids is 1. The number of amides is 3. The van der Waals surface area contributed by atoms with Gasteiger partial charge in [0, 0.05) is 53.9 Å². The van der Waals surface area contributed by atoms with Crippen LogP contribution >= 0.6 is 11.8 Å². The minimum Gasteiger partial charge on any atom is -0.477 e. The van der Waals surface area contributed by atoms with Gasteiger partial charge in [-0.05, 0) is 55.2 Å². The van der Waals surface area contributed by atoms with Gasteiger partial charge < -0.3 is 39.9 Å². The van der Waals surface area contributed by atoms with Gasteiger partial charge in [-0.1, -0.05) is 0 Å². The van der Waals surface area contributed by atoms with Crippen molar-refractivity contribution < 1.29 is 53.8 Å². The summed E-state index contributed by atoms with van der Waals surface area (Å²) in [6, 6.07) is 9.57. The summed E-state index contributed by atoms with van der Waals surface area (Å²) in [7, 11) is 0. The molecule has 272 valence electrons. The van der Waals surface area contributed by atoms with Gasteiger partial charge in [-0.2, -0.15) is 0 Å². The molecule has 6 atom stereocenters. The van der Waals surface area contributed by atoms with Crippen LogP contribution in [-0.2, 0) is 32.3 Å². The van der Waals surface area contributed by atoms with E-state index in [2.05, 4.69) is 5.32 Å². The summed E-state index contributed by atoms with van der Waals surface area (Å²) in [6.07, 6.45) is -3.31. The quantitative estimate of drug-likeness (QED) is 0.124. The first-order chi connectivity index (χ1) is 24.2. The maximum absolute atomic E-state index is 13.4. The largest absolute Gasteiger partial charge is 0.477 e. The Morgan fingerprint density at radius 1 is 0.980 bits per heavy atom. The first-order valence-corrected chi connectivity index (χ1v) is 16.8. The van der Waals surface area contributed by atoms with E-state index >= 15 is 0 Å². The summed E-state index contributed by atoms with van der Waals surface area (Å²) in [5, 5.41) is 55.1. The Morgan fingerprint density at radius 3 is 2.08 bits per heavy atom. The number of carbonyl (C=O) groups excluding carboxylic acids is 3. The average molecular weight is 730 g/mol. The molecular weight excluding hydrogens is 694 g/mol. The molecule has 51 heavy (non-hydrogen) atoms. The normalized spacial score (nSPS) is 22.1. The zero-order chi connectivity index (χ0) is 37.0. The maximum atomic E-state index is 13.4. The summed E-state index contributed by atoms with van der Waals surface area (Å²) in [4.78, 5) is 74.1. The van der Waals surface area contributed by atoms with Gasteiger partial charge in [-0.25, -0.2) is 14.4 Å². The highest BCUT2D eigenvalue weighted by Gasteiger charge is 2.57. The lowest BCUT2D eigenvalue weighted by Crippen LogP contribution is -2.61. The van der Waals surface area contributed by atoms with Crippen LogP contribution in [0.2, 0.25) is 0 Å². The van der Waals surface area contributed by atoms with Crippen LogP contribution in [0.25, 0.3) is 0 Å². The van der Waals surface area contributed by atoms with Gasteiger partial charge in [0.25, 0.3) is 11.4 Å². The van der Waals surface area contributed by atoms with Gasteiger partial charge in [0.1, 0.15) is 18.9 Å². The van der Waals surface area contributed by atoms with Crippen LogP contribution in [0.5, 0.6) is 0 Å². The first kappa shape index (κ1) is 37.0. The number of ether oxygens (including phenoxy) is 2. The van der Waals surface area contributed by atoms with Crippen molar-refractivity contribution in [1.82, 2.24) is 15.1 Å². The van der Waals surface area contributed by atoms with Crippen molar-refractivity contribution in [3.05, 3.63) is 90.5 Å². The van der Waals surface area contributed by atoms with Crippen molar-refractivity contribution in [2.45, 2.75) is 68.9 Å². The van der Waals surface area contributed by atoms with E-state index in [0.717, 1.165) is 0 Å². The standard InChI is InChI=1S/C32H35N5O13S/c1-17(38)27-24-13-26(28(30(41)42)35(24)29(27)40)51-22-12-23(34(14-22)32(44)50-16-19-4-8-21(9-5-19)37(47)48)25(39)10-11-33-31(43)49-15-18-2-6-20(7-3-18)36(45)46/h2-9,17,22-25,27,38-39H,10-16H2,1H3,(H,33,43)(H,41,42)/t17-,22+,23+,24+,25?,27-/m1/s1. The van der Waals surface area contributed by atoms with Crippen molar-refractivity contribution in [2.75, 3.05) is 13.1 Å². The van der Waals surface area contributed by atoms with Crippen molar-refractivity contribution >= 4 is 47.2 Å². The fourth-order valence-electron chi connectivity index (χ4n) is 6.39. The number of nitrogens with zero attached hydrogens (tertiary/aromatic N) is 4. The lowest BCUT2D eigenvalue weighted by molar-refractivity contribution is -0.385. The number of fused-ring (bicyclic) bond motifs is 1. The number of nitro groups is 2. The van der Waals surface area contributed by atoms with E-state index in [-0.39, 0.29) is 62.6 Å². The SMILES string of the molecule is C[C@@H](O)[C@H]1C(=O)N2C(C(=O)O)=C(S[C@H]3C[C@@H](C(O)CCNC(=O)OCc4ccc([N+](=O)[O-])cc4)N(C(=O)OCc4ccc([N+](=O)[O-])cc4)C3)C[C@@H]12. The number of thioether (sulfide) groups is 1. The molecule has 4 N–H and O–H groups in total. The Kier molecular flexibility index (Phi) is 11.4. The zero-order valence-electron chi connectivity index (χ0n) is 27.2. The monoisotopic (exact) mass is 729 g/mol. The fourth-order valence-corrected chi connectivity index (χ4v) is 7.89. The molecule has 2 fully saturated rings. The van der Waals surface area contributed by atoms with E-state index in [1.807, 2.05) is 0 Å². The van der Waals surface area contributed by atoms with Gasteiger partial charge in [0.05, 0.1) is 40.1 Å². The molecule has 0 aliphatic carbocycles. The Bertz CT molecular complexity index is 1720. The number of carboxylic acids is 1. The summed E-state index contributed by atoms with van der Waals surface area (Å²) in [5.74, 6) is -2.49. The number of aliphatic hydroxyl groups is 2. The lowest BCUT2D eigenvalue weighted by atomic mass is 9.83. The Hall–Kier alpha value is -5.27. The summed E-state index contributed by atoms with van der Waals surface area (Å²) in [5.41, 5.74) is 0.592. The van der Waals surface area contributed by atoms with E-state index in [1.165, 1.54) is 77.0 Å². The number of rotatable bonds is 14. The lowest BCUT2D eigenvalue weighted by Gasteiger charge is -2.44. The van der Waals surface area contributed by atoms with E-state index in [9.17, 15) is 54.7 Å². The number of likely N-dealkylation sites (tertiary alicyclic amines) is 1. The molecule has 5 rings (SSSR count). The fraction of sp³-hybridized carbons (Fsp3) is 0.438. The Labute approximate surface area is 294 Å². The van der Waals surface area contributed by atoms with Gasteiger partial charge >= 0.3 is 18.2 Å². The van der Waals surface area contributed by atoms with Crippen LogP contribution in [0.4, 0.5) is 21.0 Å².